The molecular weight excluding hydrogens is 483 g/mol. The van der Waals surface area contributed by atoms with Crippen molar-refractivity contribution in [2.75, 3.05) is 13.2 Å². The smallest absolute Gasteiger partial charge is 0.338 e. The number of carbonyl (C=O) groups excluding carboxylic acids is 2. The highest BCUT2D eigenvalue weighted by atomic mass is 35.5. The Morgan fingerprint density at radius 2 is 0.886 bits per heavy atom. The number of hydrogen-bond acceptors (Lipinski definition) is 4. The van der Waals surface area contributed by atoms with Gasteiger partial charge in [-0.25, -0.2) is 9.59 Å². The second-order valence-electron chi connectivity index (χ2n) is 7.98. The first-order valence-corrected chi connectivity index (χ1v) is 11.7. The van der Waals surface area contributed by atoms with Crippen LogP contribution in [0.25, 0.3) is 0 Å². The Bertz CT molecular complexity index is 1170. The fraction of sp³-hybridized carbons (Fsp3) is 0.103. The lowest BCUT2D eigenvalue weighted by molar-refractivity contribution is 0.0241. The van der Waals surface area contributed by atoms with Crippen molar-refractivity contribution in [1.82, 2.24) is 0 Å². The minimum absolute atomic E-state index is 0.0773. The van der Waals surface area contributed by atoms with Crippen LogP contribution in [0.4, 0.5) is 0 Å². The van der Waals surface area contributed by atoms with Gasteiger partial charge in [0.05, 0.1) is 16.5 Å². The first-order valence-electron chi connectivity index (χ1n) is 10.9. The van der Waals surface area contributed by atoms with E-state index in [-0.39, 0.29) is 13.2 Å². The summed E-state index contributed by atoms with van der Waals surface area (Å²) < 4.78 is 11.6. The largest absolute Gasteiger partial charge is 0.461 e. The average Bonchev–Trinajstić information content (AvgIpc) is 2.91. The number of carbonyl (C=O) groups is 2. The third-order valence-electron chi connectivity index (χ3n) is 5.71. The van der Waals surface area contributed by atoms with Crippen molar-refractivity contribution in [1.29, 1.82) is 0 Å². The molecule has 0 N–H and O–H groups in total. The van der Waals surface area contributed by atoms with Gasteiger partial charge in [0.2, 0.25) is 0 Å². The summed E-state index contributed by atoms with van der Waals surface area (Å²) in [5, 5.41) is 1.11. The molecule has 4 rings (SSSR count). The predicted molar refractivity (Wildman–Crippen MR) is 137 cm³/mol. The van der Waals surface area contributed by atoms with E-state index in [1.165, 1.54) is 0 Å². The third kappa shape index (κ3) is 5.91. The molecule has 0 saturated heterocycles. The number of benzene rings is 4. The van der Waals surface area contributed by atoms with Gasteiger partial charge in [-0.2, -0.15) is 0 Å². The van der Waals surface area contributed by atoms with Crippen LogP contribution in [-0.2, 0) is 14.9 Å². The average molecular weight is 505 g/mol. The quantitative estimate of drug-likeness (QED) is 0.242. The van der Waals surface area contributed by atoms with Crippen LogP contribution in [0.5, 0.6) is 0 Å². The van der Waals surface area contributed by atoms with Gasteiger partial charge >= 0.3 is 11.9 Å². The van der Waals surface area contributed by atoms with Crippen LogP contribution in [0.1, 0.15) is 31.8 Å². The number of esters is 2. The van der Waals surface area contributed by atoms with Gasteiger partial charge in [0, 0.05) is 10.0 Å². The lowest BCUT2D eigenvalue weighted by Crippen LogP contribution is -2.40. The second kappa shape index (κ2) is 11.2. The van der Waals surface area contributed by atoms with Gasteiger partial charge in [-0.05, 0) is 59.7 Å². The SMILES string of the molecule is O=C(OCC(COC(=O)c1ccccc1)(c1ccc(Cl)cc1)c1ccc(Cl)cc1)c1ccccc1. The van der Waals surface area contributed by atoms with Crippen LogP contribution >= 0.6 is 23.2 Å². The molecule has 0 spiro atoms. The normalized spacial score (nSPS) is 11.0. The van der Waals surface area contributed by atoms with Gasteiger partial charge < -0.3 is 9.47 Å². The topological polar surface area (TPSA) is 52.6 Å². The van der Waals surface area contributed by atoms with Crippen molar-refractivity contribution in [3.63, 3.8) is 0 Å². The predicted octanol–water partition coefficient (Wildman–Crippen LogP) is 6.99. The molecule has 0 heterocycles. The van der Waals surface area contributed by atoms with Gasteiger partial charge in [0.25, 0.3) is 0 Å². The maximum atomic E-state index is 12.8. The summed E-state index contributed by atoms with van der Waals surface area (Å²) in [6.45, 7) is -0.155. The number of rotatable bonds is 8. The molecule has 4 nitrogen and oxygen atoms in total. The highest BCUT2D eigenvalue weighted by molar-refractivity contribution is 6.30. The van der Waals surface area contributed by atoms with E-state index in [0.29, 0.717) is 21.2 Å². The van der Waals surface area contributed by atoms with Gasteiger partial charge in [-0.3, -0.25) is 0 Å². The van der Waals surface area contributed by atoms with E-state index < -0.39 is 17.4 Å². The van der Waals surface area contributed by atoms with Crippen LogP contribution in [0, 0.1) is 0 Å². The standard InChI is InChI=1S/C29H22Cl2O4/c30-25-15-11-23(12-16-25)29(24-13-17-26(31)18-14-24,19-34-27(32)21-7-3-1-4-8-21)20-35-28(33)22-9-5-2-6-10-22/h1-18H,19-20H2. The molecule has 0 aliphatic rings. The third-order valence-corrected chi connectivity index (χ3v) is 6.22. The molecule has 0 unspecified atom stereocenters. The van der Waals surface area contributed by atoms with Crippen molar-refractivity contribution < 1.29 is 19.1 Å². The Morgan fingerprint density at radius 3 is 1.23 bits per heavy atom. The van der Waals surface area contributed by atoms with E-state index >= 15 is 0 Å². The molecule has 0 aliphatic carbocycles. The minimum Gasteiger partial charge on any atom is -0.461 e. The Hall–Kier alpha value is -3.60. The van der Waals surface area contributed by atoms with Crippen LogP contribution < -0.4 is 0 Å². The second-order valence-corrected chi connectivity index (χ2v) is 8.85. The summed E-state index contributed by atoms with van der Waals surface area (Å²) in [6, 6.07) is 31.8. The van der Waals surface area contributed by atoms with Crippen LogP contribution in [-0.4, -0.2) is 25.2 Å². The zero-order valence-electron chi connectivity index (χ0n) is 18.7. The van der Waals surface area contributed by atoms with Crippen LogP contribution in [0.15, 0.2) is 109 Å². The molecule has 0 fully saturated rings. The number of ether oxygens (including phenoxy) is 2. The molecule has 0 bridgehead atoms. The Labute approximate surface area is 214 Å². The van der Waals surface area contributed by atoms with Gasteiger partial charge in [-0.1, -0.05) is 83.9 Å². The Balaban J connectivity index is 1.73. The number of halogens is 2. The summed E-state index contributed by atoms with van der Waals surface area (Å²) in [4.78, 5) is 25.7. The van der Waals surface area contributed by atoms with E-state index in [0.717, 1.165) is 11.1 Å². The molecule has 0 atom stereocenters. The monoisotopic (exact) mass is 504 g/mol. The molecule has 0 amide bonds. The molecule has 0 radical (unpaired) electrons. The fourth-order valence-corrected chi connectivity index (χ4v) is 4.02. The van der Waals surface area contributed by atoms with Crippen molar-refractivity contribution in [3.8, 4) is 0 Å². The Morgan fingerprint density at radius 1 is 0.543 bits per heavy atom. The maximum Gasteiger partial charge on any atom is 0.338 e. The van der Waals surface area contributed by atoms with E-state index in [9.17, 15) is 9.59 Å². The molecule has 0 aromatic heterocycles. The van der Waals surface area contributed by atoms with Crippen LogP contribution in [0.2, 0.25) is 10.0 Å². The molecule has 176 valence electrons. The zero-order valence-corrected chi connectivity index (χ0v) is 20.2. The van der Waals surface area contributed by atoms with Crippen molar-refractivity contribution in [2.24, 2.45) is 0 Å². The molecule has 6 heteroatoms. The Kier molecular flexibility index (Phi) is 7.86. The summed E-state index contributed by atoms with van der Waals surface area (Å²) >= 11 is 12.3. The maximum absolute atomic E-state index is 12.8. The van der Waals surface area contributed by atoms with Gasteiger partial charge in [0.15, 0.2) is 0 Å². The van der Waals surface area contributed by atoms with Crippen molar-refractivity contribution in [2.45, 2.75) is 5.41 Å². The molecule has 4 aromatic rings. The summed E-state index contributed by atoms with van der Waals surface area (Å²) in [5.41, 5.74) is 1.38. The fourth-order valence-electron chi connectivity index (χ4n) is 3.77. The van der Waals surface area contributed by atoms with Crippen molar-refractivity contribution in [3.05, 3.63) is 141 Å². The van der Waals surface area contributed by atoms with E-state index in [2.05, 4.69) is 0 Å². The van der Waals surface area contributed by atoms with E-state index in [4.69, 9.17) is 32.7 Å². The molecule has 0 aliphatic heterocycles. The van der Waals surface area contributed by atoms with E-state index in [1.54, 1.807) is 72.8 Å². The van der Waals surface area contributed by atoms with Gasteiger partial charge in [-0.15, -0.1) is 0 Å². The minimum atomic E-state index is -1.01. The summed E-state index contributed by atoms with van der Waals surface area (Å²) in [7, 11) is 0. The number of hydrogen-bond donors (Lipinski definition) is 0. The summed E-state index contributed by atoms with van der Waals surface area (Å²) in [6.07, 6.45) is 0. The molecule has 4 aromatic carbocycles. The first kappa shape index (κ1) is 24.5. The summed E-state index contributed by atoms with van der Waals surface area (Å²) in [5.74, 6) is -0.959. The van der Waals surface area contributed by atoms with Crippen LogP contribution in [0.3, 0.4) is 0 Å². The first-order chi connectivity index (χ1) is 17.0. The highest BCUT2D eigenvalue weighted by Crippen LogP contribution is 2.35. The van der Waals surface area contributed by atoms with E-state index in [1.807, 2.05) is 36.4 Å². The van der Waals surface area contributed by atoms with Crippen molar-refractivity contribution >= 4 is 35.1 Å². The molecule has 0 saturated carbocycles. The lowest BCUT2D eigenvalue weighted by atomic mass is 9.75. The highest BCUT2D eigenvalue weighted by Gasteiger charge is 2.38. The lowest BCUT2D eigenvalue weighted by Gasteiger charge is -2.34. The zero-order chi connectivity index (χ0) is 24.7. The molecule has 35 heavy (non-hydrogen) atoms. The molecular formula is C29H22Cl2O4. The van der Waals surface area contributed by atoms with Gasteiger partial charge in [0.1, 0.15) is 13.2 Å².